The maximum absolute atomic E-state index is 9.54. The van der Waals surface area contributed by atoms with Crippen LogP contribution in [0.4, 0.5) is 0 Å². The fourth-order valence-electron chi connectivity index (χ4n) is 1.40. The van der Waals surface area contributed by atoms with E-state index in [0.717, 1.165) is 24.0 Å². The molecule has 80 valence electrons. The van der Waals surface area contributed by atoms with Crippen molar-refractivity contribution in [2.24, 2.45) is 0 Å². The zero-order chi connectivity index (χ0) is 11.1. The van der Waals surface area contributed by atoms with Gasteiger partial charge < -0.3 is 5.11 Å². The van der Waals surface area contributed by atoms with E-state index in [9.17, 15) is 5.11 Å². The molecule has 0 aliphatic carbocycles. The molecule has 1 nitrogen and oxygen atoms in total. The van der Waals surface area contributed by atoms with E-state index in [2.05, 4.69) is 18.8 Å². The van der Waals surface area contributed by atoms with Gasteiger partial charge in [-0.3, -0.25) is 0 Å². The minimum atomic E-state index is -0.443. The lowest BCUT2D eigenvalue weighted by Crippen LogP contribution is -1.94. The van der Waals surface area contributed by atoms with E-state index >= 15 is 0 Å². The Bertz CT molecular complexity index is 355. The summed E-state index contributed by atoms with van der Waals surface area (Å²) in [6.45, 7) is 3.93. The summed E-state index contributed by atoms with van der Waals surface area (Å²) in [7, 11) is 0. The van der Waals surface area contributed by atoms with Crippen molar-refractivity contribution >= 4 is 0 Å². The molecule has 0 spiro atoms. The first-order chi connectivity index (χ1) is 7.25. The molecule has 1 heteroatoms. The smallest absolute Gasteiger partial charge is 0.0774 e. The molecule has 0 bridgehead atoms. The van der Waals surface area contributed by atoms with Crippen molar-refractivity contribution in [3.63, 3.8) is 0 Å². The van der Waals surface area contributed by atoms with Crippen LogP contribution in [0.3, 0.4) is 0 Å². The summed E-state index contributed by atoms with van der Waals surface area (Å²) in [5.41, 5.74) is 1.87. The zero-order valence-corrected chi connectivity index (χ0v) is 9.46. The van der Waals surface area contributed by atoms with Gasteiger partial charge in [-0.05, 0) is 25.0 Å². The van der Waals surface area contributed by atoms with Crippen LogP contribution in [0.2, 0.25) is 0 Å². The Morgan fingerprint density at radius 2 is 2.07 bits per heavy atom. The van der Waals surface area contributed by atoms with E-state index in [1.807, 2.05) is 24.3 Å². The van der Waals surface area contributed by atoms with Gasteiger partial charge in [0.1, 0.15) is 0 Å². The number of hydrogen-bond donors (Lipinski definition) is 1. The van der Waals surface area contributed by atoms with Gasteiger partial charge >= 0.3 is 0 Å². The molecular formula is C14H18O. The van der Waals surface area contributed by atoms with Gasteiger partial charge in [-0.1, -0.05) is 43.4 Å². The Hall–Kier alpha value is -1.26. The molecule has 1 aromatic carbocycles. The maximum Gasteiger partial charge on any atom is 0.0774 e. The van der Waals surface area contributed by atoms with Crippen molar-refractivity contribution in [3.05, 3.63) is 35.4 Å². The van der Waals surface area contributed by atoms with Crippen LogP contribution in [0, 0.1) is 11.8 Å². The summed E-state index contributed by atoms with van der Waals surface area (Å²) in [4.78, 5) is 0. The summed E-state index contributed by atoms with van der Waals surface area (Å²) in [6.07, 6.45) is 2.81. The van der Waals surface area contributed by atoms with Crippen LogP contribution in [0.25, 0.3) is 0 Å². The van der Waals surface area contributed by atoms with Crippen LogP contribution in [0.5, 0.6) is 0 Å². The van der Waals surface area contributed by atoms with E-state index in [1.165, 1.54) is 6.42 Å². The van der Waals surface area contributed by atoms with Crippen LogP contribution in [0.15, 0.2) is 24.3 Å². The molecule has 0 aliphatic rings. The van der Waals surface area contributed by atoms with Gasteiger partial charge in [0, 0.05) is 12.0 Å². The molecule has 1 aromatic rings. The largest absolute Gasteiger partial charge is 0.389 e. The van der Waals surface area contributed by atoms with Gasteiger partial charge in [0.05, 0.1) is 6.10 Å². The second-order valence-electron chi connectivity index (χ2n) is 3.67. The number of aliphatic hydroxyl groups excluding tert-OH is 1. The highest BCUT2D eigenvalue weighted by Gasteiger charge is 2.03. The second kappa shape index (κ2) is 6.27. The van der Waals surface area contributed by atoms with Crippen molar-refractivity contribution in [1.82, 2.24) is 0 Å². The standard InChI is InChI=1S/C14H18O/c1-3-4-5-6-9-13-10-7-8-11-14(13)12(2)15/h7-8,10-12,15H,3-5H2,1-2H3. The number of hydrogen-bond acceptors (Lipinski definition) is 1. The van der Waals surface area contributed by atoms with Crippen LogP contribution < -0.4 is 0 Å². The topological polar surface area (TPSA) is 20.2 Å². The predicted molar refractivity (Wildman–Crippen MR) is 63.5 cm³/mol. The highest BCUT2D eigenvalue weighted by molar-refractivity contribution is 5.42. The lowest BCUT2D eigenvalue weighted by molar-refractivity contribution is 0.199. The van der Waals surface area contributed by atoms with E-state index in [-0.39, 0.29) is 0 Å². The van der Waals surface area contributed by atoms with E-state index in [1.54, 1.807) is 6.92 Å². The monoisotopic (exact) mass is 202 g/mol. The summed E-state index contributed by atoms with van der Waals surface area (Å²) >= 11 is 0. The molecule has 0 saturated heterocycles. The fraction of sp³-hybridized carbons (Fsp3) is 0.429. The molecule has 0 saturated carbocycles. The highest BCUT2D eigenvalue weighted by atomic mass is 16.3. The first kappa shape index (κ1) is 11.8. The Kier molecular flexibility index (Phi) is 4.93. The quantitative estimate of drug-likeness (QED) is 0.589. The lowest BCUT2D eigenvalue weighted by atomic mass is 10.0. The Balaban J connectivity index is 2.78. The second-order valence-corrected chi connectivity index (χ2v) is 3.67. The van der Waals surface area contributed by atoms with Gasteiger partial charge in [0.15, 0.2) is 0 Å². The van der Waals surface area contributed by atoms with E-state index in [4.69, 9.17) is 0 Å². The molecule has 1 atom stereocenters. The summed E-state index contributed by atoms with van der Waals surface area (Å²) in [6, 6.07) is 7.77. The van der Waals surface area contributed by atoms with Crippen molar-refractivity contribution < 1.29 is 5.11 Å². The van der Waals surface area contributed by atoms with Crippen LogP contribution in [-0.2, 0) is 0 Å². The van der Waals surface area contributed by atoms with Crippen LogP contribution in [-0.4, -0.2) is 5.11 Å². The van der Waals surface area contributed by atoms with Gasteiger partial charge in [0.2, 0.25) is 0 Å². The van der Waals surface area contributed by atoms with Gasteiger partial charge in [0.25, 0.3) is 0 Å². The van der Waals surface area contributed by atoms with Gasteiger partial charge in [-0.15, -0.1) is 0 Å². The molecule has 15 heavy (non-hydrogen) atoms. The molecule has 0 radical (unpaired) electrons. The minimum Gasteiger partial charge on any atom is -0.389 e. The number of aliphatic hydroxyl groups is 1. The fourth-order valence-corrected chi connectivity index (χ4v) is 1.40. The highest BCUT2D eigenvalue weighted by Crippen LogP contribution is 2.16. The Morgan fingerprint density at radius 3 is 2.73 bits per heavy atom. The number of unbranched alkanes of at least 4 members (excludes halogenated alkanes) is 2. The number of rotatable bonds is 3. The first-order valence-electron chi connectivity index (χ1n) is 5.51. The molecule has 0 aliphatic heterocycles. The zero-order valence-electron chi connectivity index (χ0n) is 9.46. The summed E-state index contributed by atoms with van der Waals surface area (Å²) in [5, 5.41) is 9.54. The molecule has 1 unspecified atom stereocenters. The molecule has 0 heterocycles. The first-order valence-corrected chi connectivity index (χ1v) is 5.51. The third-order valence-electron chi connectivity index (χ3n) is 2.29. The number of benzene rings is 1. The van der Waals surface area contributed by atoms with Crippen LogP contribution in [0.1, 0.15) is 50.3 Å². The Labute approximate surface area is 92.1 Å². The summed E-state index contributed by atoms with van der Waals surface area (Å²) in [5.74, 6) is 6.26. The molecular weight excluding hydrogens is 184 g/mol. The average molecular weight is 202 g/mol. The van der Waals surface area contributed by atoms with Crippen molar-refractivity contribution in [3.8, 4) is 11.8 Å². The van der Waals surface area contributed by atoms with E-state index < -0.39 is 6.10 Å². The summed E-state index contributed by atoms with van der Waals surface area (Å²) < 4.78 is 0. The van der Waals surface area contributed by atoms with Gasteiger partial charge in [-0.25, -0.2) is 0 Å². The molecule has 0 amide bonds. The maximum atomic E-state index is 9.54. The normalized spacial score (nSPS) is 11.7. The Morgan fingerprint density at radius 1 is 1.33 bits per heavy atom. The van der Waals surface area contributed by atoms with Gasteiger partial charge in [-0.2, -0.15) is 0 Å². The van der Waals surface area contributed by atoms with Crippen molar-refractivity contribution in [1.29, 1.82) is 0 Å². The van der Waals surface area contributed by atoms with Crippen molar-refractivity contribution in [2.75, 3.05) is 0 Å². The molecule has 0 fully saturated rings. The average Bonchev–Trinajstić information content (AvgIpc) is 2.25. The van der Waals surface area contributed by atoms with Crippen molar-refractivity contribution in [2.45, 2.75) is 39.2 Å². The molecule has 0 aromatic heterocycles. The third-order valence-corrected chi connectivity index (χ3v) is 2.29. The van der Waals surface area contributed by atoms with E-state index in [0.29, 0.717) is 0 Å². The third kappa shape index (κ3) is 3.77. The lowest BCUT2D eigenvalue weighted by Gasteiger charge is -2.06. The molecule has 1 N–H and O–H groups in total. The predicted octanol–water partition coefficient (Wildman–Crippen LogP) is 3.28. The minimum absolute atomic E-state index is 0.443. The molecule has 1 rings (SSSR count). The van der Waals surface area contributed by atoms with Crippen LogP contribution >= 0.6 is 0 Å². The SMILES string of the molecule is CCCCC#Cc1ccccc1C(C)O.